The summed E-state index contributed by atoms with van der Waals surface area (Å²) < 4.78 is 0. The Balaban J connectivity index is 1.57. The summed E-state index contributed by atoms with van der Waals surface area (Å²) in [4.78, 5) is 35.2. The first kappa shape index (κ1) is 19.6. The van der Waals surface area contributed by atoms with Crippen molar-refractivity contribution in [3.8, 4) is 0 Å². The van der Waals surface area contributed by atoms with Crippen LogP contribution in [0.2, 0.25) is 0 Å². The van der Waals surface area contributed by atoms with E-state index in [1.165, 1.54) is 30.3 Å². The van der Waals surface area contributed by atoms with Crippen LogP contribution in [-0.4, -0.2) is 22.9 Å². The number of anilines is 2. The van der Waals surface area contributed by atoms with E-state index in [2.05, 4.69) is 10.6 Å². The number of amides is 2. The highest BCUT2D eigenvalue weighted by atomic mass is 16.4. The first-order chi connectivity index (χ1) is 14.0. The average molecular weight is 386 g/mol. The molecule has 0 fully saturated rings. The lowest BCUT2D eigenvalue weighted by Crippen LogP contribution is -2.12. The minimum Gasteiger partial charge on any atom is -0.478 e. The quantitative estimate of drug-likeness (QED) is 0.551. The van der Waals surface area contributed by atoms with Crippen molar-refractivity contribution in [3.63, 3.8) is 0 Å². The number of rotatable bonds is 6. The summed E-state index contributed by atoms with van der Waals surface area (Å²) >= 11 is 0. The van der Waals surface area contributed by atoms with E-state index < -0.39 is 5.97 Å². The van der Waals surface area contributed by atoms with Crippen LogP contribution in [-0.2, 0) is 4.79 Å². The smallest absolute Gasteiger partial charge is 0.335 e. The second kappa shape index (κ2) is 9.14. The minimum atomic E-state index is -1.03. The summed E-state index contributed by atoms with van der Waals surface area (Å²) in [7, 11) is 0. The Bertz CT molecular complexity index is 1040. The molecule has 3 aromatic carbocycles. The molecule has 0 aliphatic heterocycles. The molecule has 3 N–H and O–H groups in total. The molecule has 0 saturated heterocycles. The van der Waals surface area contributed by atoms with Crippen molar-refractivity contribution >= 4 is 35.2 Å². The molecule has 0 spiro atoms. The maximum absolute atomic E-state index is 12.3. The third kappa shape index (κ3) is 5.64. The number of carboxylic acids is 1. The lowest BCUT2D eigenvalue weighted by molar-refractivity contribution is -0.111. The SMILES string of the molecule is O=C(/C=C/c1ccccc1)Nc1ccc(C(=O)Nc2ccc(C(=O)O)cc2)cc1. The highest BCUT2D eigenvalue weighted by molar-refractivity contribution is 6.05. The summed E-state index contributed by atoms with van der Waals surface area (Å²) in [5, 5.41) is 14.3. The first-order valence-electron chi connectivity index (χ1n) is 8.80. The molecule has 6 heteroatoms. The summed E-state index contributed by atoms with van der Waals surface area (Å²) in [6.07, 6.45) is 3.16. The second-order valence-corrected chi connectivity index (χ2v) is 6.15. The molecule has 144 valence electrons. The summed E-state index contributed by atoms with van der Waals surface area (Å²) in [6.45, 7) is 0. The number of nitrogens with one attached hydrogen (secondary N) is 2. The molecule has 0 radical (unpaired) electrons. The molecule has 6 nitrogen and oxygen atoms in total. The van der Waals surface area contributed by atoms with E-state index in [1.54, 1.807) is 30.3 Å². The predicted molar refractivity (Wildman–Crippen MR) is 112 cm³/mol. The predicted octanol–water partition coefficient (Wildman–Crippen LogP) is 4.29. The number of carbonyl (C=O) groups is 3. The molecule has 0 atom stereocenters. The molecule has 0 aliphatic rings. The van der Waals surface area contributed by atoms with Crippen molar-refractivity contribution in [2.45, 2.75) is 0 Å². The zero-order valence-corrected chi connectivity index (χ0v) is 15.3. The molecule has 3 aromatic rings. The van der Waals surface area contributed by atoms with Gasteiger partial charge in [-0.05, 0) is 60.2 Å². The number of hydrogen-bond donors (Lipinski definition) is 3. The fourth-order valence-electron chi connectivity index (χ4n) is 2.52. The van der Waals surface area contributed by atoms with Gasteiger partial charge in [-0.25, -0.2) is 4.79 Å². The largest absolute Gasteiger partial charge is 0.478 e. The Labute approximate surface area is 167 Å². The molecule has 2 amide bonds. The van der Waals surface area contributed by atoms with Crippen LogP contribution in [0.15, 0.2) is 84.9 Å². The first-order valence-corrected chi connectivity index (χ1v) is 8.80. The van der Waals surface area contributed by atoms with Crippen LogP contribution < -0.4 is 10.6 Å². The van der Waals surface area contributed by atoms with Gasteiger partial charge in [0.25, 0.3) is 5.91 Å². The molecule has 0 bridgehead atoms. The van der Waals surface area contributed by atoms with E-state index in [9.17, 15) is 14.4 Å². The van der Waals surface area contributed by atoms with Gasteiger partial charge >= 0.3 is 5.97 Å². The Morgan fingerprint density at radius 1 is 0.690 bits per heavy atom. The van der Waals surface area contributed by atoms with Crippen molar-refractivity contribution in [1.82, 2.24) is 0 Å². The number of carbonyl (C=O) groups excluding carboxylic acids is 2. The molecule has 0 aliphatic carbocycles. The third-order valence-corrected chi connectivity index (χ3v) is 4.03. The Morgan fingerprint density at radius 2 is 1.24 bits per heavy atom. The standard InChI is InChI=1S/C23H18N2O4/c26-21(15-6-16-4-2-1-3-5-16)24-19-11-7-17(8-12-19)22(27)25-20-13-9-18(10-14-20)23(28)29/h1-15H,(H,24,26)(H,25,27)(H,28,29)/b15-6+. The van der Waals surface area contributed by atoms with Gasteiger partial charge in [-0.15, -0.1) is 0 Å². The number of carboxylic acid groups (broad SMARTS) is 1. The number of hydrogen-bond acceptors (Lipinski definition) is 3. The van der Waals surface area contributed by atoms with Crippen molar-refractivity contribution in [1.29, 1.82) is 0 Å². The summed E-state index contributed by atoms with van der Waals surface area (Å²) in [5.74, 6) is -1.64. The Hall–Kier alpha value is -4.19. The van der Waals surface area contributed by atoms with Crippen molar-refractivity contribution in [2.24, 2.45) is 0 Å². The van der Waals surface area contributed by atoms with E-state index in [1.807, 2.05) is 30.3 Å². The van der Waals surface area contributed by atoms with E-state index in [-0.39, 0.29) is 17.4 Å². The zero-order valence-electron chi connectivity index (χ0n) is 15.3. The summed E-state index contributed by atoms with van der Waals surface area (Å²) in [5.41, 5.74) is 2.53. The Morgan fingerprint density at radius 3 is 1.83 bits per heavy atom. The molecular weight excluding hydrogens is 368 g/mol. The maximum Gasteiger partial charge on any atom is 0.335 e. The van der Waals surface area contributed by atoms with Gasteiger partial charge in [-0.2, -0.15) is 0 Å². The molecule has 29 heavy (non-hydrogen) atoms. The molecule has 0 aromatic heterocycles. The van der Waals surface area contributed by atoms with E-state index in [0.29, 0.717) is 16.9 Å². The van der Waals surface area contributed by atoms with E-state index in [4.69, 9.17) is 5.11 Å². The van der Waals surface area contributed by atoms with Gasteiger partial charge in [0.05, 0.1) is 5.56 Å². The maximum atomic E-state index is 12.3. The zero-order chi connectivity index (χ0) is 20.6. The van der Waals surface area contributed by atoms with Crippen molar-refractivity contribution in [2.75, 3.05) is 10.6 Å². The van der Waals surface area contributed by atoms with Crippen molar-refractivity contribution in [3.05, 3.63) is 102 Å². The number of benzene rings is 3. The Kier molecular flexibility index (Phi) is 6.17. The van der Waals surface area contributed by atoms with E-state index in [0.717, 1.165) is 5.56 Å². The second-order valence-electron chi connectivity index (χ2n) is 6.15. The van der Waals surface area contributed by atoms with Gasteiger partial charge in [0.15, 0.2) is 0 Å². The van der Waals surface area contributed by atoms with Crippen LogP contribution in [0.4, 0.5) is 11.4 Å². The topological polar surface area (TPSA) is 95.5 Å². The van der Waals surface area contributed by atoms with Gasteiger partial charge < -0.3 is 15.7 Å². The highest BCUT2D eigenvalue weighted by Crippen LogP contribution is 2.14. The van der Waals surface area contributed by atoms with Gasteiger partial charge in [0.2, 0.25) is 5.91 Å². The molecule has 0 saturated carbocycles. The van der Waals surface area contributed by atoms with Gasteiger partial charge in [0.1, 0.15) is 0 Å². The normalized spacial score (nSPS) is 10.5. The monoisotopic (exact) mass is 386 g/mol. The third-order valence-electron chi connectivity index (χ3n) is 4.03. The fraction of sp³-hybridized carbons (Fsp3) is 0. The highest BCUT2D eigenvalue weighted by Gasteiger charge is 2.08. The van der Waals surface area contributed by atoms with Crippen LogP contribution in [0.25, 0.3) is 6.08 Å². The number of aromatic carboxylic acids is 1. The molecular formula is C23H18N2O4. The van der Waals surface area contributed by atoms with Crippen LogP contribution in [0, 0.1) is 0 Å². The fourth-order valence-corrected chi connectivity index (χ4v) is 2.52. The molecule has 0 heterocycles. The lowest BCUT2D eigenvalue weighted by atomic mass is 10.1. The lowest BCUT2D eigenvalue weighted by Gasteiger charge is -2.07. The van der Waals surface area contributed by atoms with E-state index >= 15 is 0 Å². The van der Waals surface area contributed by atoms with Crippen LogP contribution in [0.5, 0.6) is 0 Å². The minimum absolute atomic E-state index is 0.143. The van der Waals surface area contributed by atoms with Crippen LogP contribution >= 0.6 is 0 Å². The van der Waals surface area contributed by atoms with Gasteiger partial charge in [-0.1, -0.05) is 30.3 Å². The van der Waals surface area contributed by atoms with Gasteiger partial charge in [-0.3, -0.25) is 9.59 Å². The van der Waals surface area contributed by atoms with Crippen molar-refractivity contribution < 1.29 is 19.5 Å². The average Bonchev–Trinajstić information content (AvgIpc) is 2.74. The van der Waals surface area contributed by atoms with Crippen LogP contribution in [0.3, 0.4) is 0 Å². The van der Waals surface area contributed by atoms with Gasteiger partial charge in [0, 0.05) is 23.0 Å². The van der Waals surface area contributed by atoms with Crippen LogP contribution in [0.1, 0.15) is 26.3 Å². The molecule has 0 unspecified atom stereocenters. The summed E-state index contributed by atoms with van der Waals surface area (Å²) in [6, 6.07) is 21.8. The molecule has 3 rings (SSSR count).